The number of benzene rings is 1. The first-order chi connectivity index (χ1) is 6.11. The molecular formula is C10H14FNS. The molecular weight excluding hydrogens is 185 g/mol. The summed E-state index contributed by atoms with van der Waals surface area (Å²) in [6, 6.07) is 7.44. The largest absolute Gasteiger partial charge is 0.327 e. The SMILES string of the molecule is CSc1ccccc1C(C)(F)CN. The fourth-order valence-electron chi connectivity index (χ4n) is 1.19. The number of rotatable bonds is 3. The number of hydrogen-bond acceptors (Lipinski definition) is 2. The predicted molar refractivity (Wildman–Crippen MR) is 55.7 cm³/mol. The topological polar surface area (TPSA) is 26.0 Å². The first kappa shape index (κ1) is 10.5. The molecule has 1 atom stereocenters. The van der Waals surface area contributed by atoms with Gasteiger partial charge in [-0.3, -0.25) is 0 Å². The molecule has 0 fully saturated rings. The van der Waals surface area contributed by atoms with Crippen LogP contribution < -0.4 is 5.73 Å². The summed E-state index contributed by atoms with van der Waals surface area (Å²) in [6.07, 6.45) is 1.94. The Balaban J connectivity index is 3.12. The third-order valence-corrected chi connectivity index (χ3v) is 2.85. The maximum absolute atomic E-state index is 13.9. The van der Waals surface area contributed by atoms with Crippen LogP contribution in [0, 0.1) is 0 Å². The average Bonchev–Trinajstić information content (AvgIpc) is 2.18. The number of halogens is 1. The molecule has 0 amide bonds. The molecule has 0 aliphatic heterocycles. The Morgan fingerprint density at radius 1 is 1.46 bits per heavy atom. The molecule has 3 heteroatoms. The van der Waals surface area contributed by atoms with E-state index in [-0.39, 0.29) is 6.54 Å². The van der Waals surface area contributed by atoms with Crippen LogP contribution in [0.1, 0.15) is 12.5 Å². The van der Waals surface area contributed by atoms with Crippen molar-refractivity contribution < 1.29 is 4.39 Å². The molecule has 0 heterocycles. The molecule has 0 radical (unpaired) electrons. The van der Waals surface area contributed by atoms with Gasteiger partial charge in [-0.05, 0) is 19.2 Å². The normalized spacial score (nSPS) is 15.4. The van der Waals surface area contributed by atoms with Crippen molar-refractivity contribution in [3.63, 3.8) is 0 Å². The van der Waals surface area contributed by atoms with Gasteiger partial charge in [-0.15, -0.1) is 11.8 Å². The van der Waals surface area contributed by atoms with Crippen molar-refractivity contribution in [2.24, 2.45) is 5.73 Å². The molecule has 1 aromatic rings. The molecule has 2 N–H and O–H groups in total. The van der Waals surface area contributed by atoms with Crippen LogP contribution >= 0.6 is 11.8 Å². The van der Waals surface area contributed by atoms with E-state index in [4.69, 9.17) is 5.73 Å². The minimum absolute atomic E-state index is 0.0184. The van der Waals surface area contributed by atoms with Gasteiger partial charge >= 0.3 is 0 Å². The number of alkyl halides is 1. The Morgan fingerprint density at radius 3 is 2.62 bits per heavy atom. The van der Waals surface area contributed by atoms with Crippen molar-refractivity contribution in [2.75, 3.05) is 12.8 Å². The van der Waals surface area contributed by atoms with Gasteiger partial charge in [0, 0.05) is 17.0 Å². The summed E-state index contributed by atoms with van der Waals surface area (Å²) in [5.41, 5.74) is 4.65. The Hall–Kier alpha value is -0.540. The van der Waals surface area contributed by atoms with Gasteiger partial charge in [0.15, 0.2) is 0 Å². The van der Waals surface area contributed by atoms with Gasteiger partial charge in [0.05, 0.1) is 0 Å². The highest BCUT2D eigenvalue weighted by Gasteiger charge is 2.25. The van der Waals surface area contributed by atoms with Gasteiger partial charge < -0.3 is 5.73 Å². The van der Waals surface area contributed by atoms with Crippen molar-refractivity contribution in [3.05, 3.63) is 29.8 Å². The molecule has 0 aliphatic rings. The molecule has 0 saturated carbocycles. The van der Waals surface area contributed by atoms with Crippen LogP contribution in [0.3, 0.4) is 0 Å². The van der Waals surface area contributed by atoms with Crippen LogP contribution in [0.4, 0.5) is 4.39 Å². The maximum atomic E-state index is 13.9. The smallest absolute Gasteiger partial charge is 0.146 e. The minimum Gasteiger partial charge on any atom is -0.327 e. The van der Waals surface area contributed by atoms with Crippen LogP contribution in [0.5, 0.6) is 0 Å². The van der Waals surface area contributed by atoms with Crippen LogP contribution in [0.2, 0.25) is 0 Å². The second kappa shape index (κ2) is 4.11. The average molecular weight is 199 g/mol. The zero-order chi connectivity index (χ0) is 9.90. The monoisotopic (exact) mass is 199 g/mol. The molecule has 1 rings (SSSR count). The molecule has 72 valence electrons. The highest BCUT2D eigenvalue weighted by Crippen LogP contribution is 2.31. The summed E-state index contributed by atoms with van der Waals surface area (Å²) in [6.45, 7) is 1.53. The van der Waals surface area contributed by atoms with Crippen molar-refractivity contribution in [1.29, 1.82) is 0 Å². The van der Waals surface area contributed by atoms with Gasteiger partial charge in [0.1, 0.15) is 5.67 Å². The van der Waals surface area contributed by atoms with Crippen LogP contribution in [-0.2, 0) is 5.67 Å². The van der Waals surface area contributed by atoms with E-state index in [2.05, 4.69) is 0 Å². The molecule has 1 unspecified atom stereocenters. The van der Waals surface area contributed by atoms with Gasteiger partial charge in [0.2, 0.25) is 0 Å². The van der Waals surface area contributed by atoms with E-state index < -0.39 is 5.67 Å². The molecule has 0 bridgehead atoms. The lowest BCUT2D eigenvalue weighted by atomic mass is 9.98. The molecule has 0 saturated heterocycles. The lowest BCUT2D eigenvalue weighted by Gasteiger charge is -2.20. The van der Waals surface area contributed by atoms with Crippen molar-refractivity contribution in [1.82, 2.24) is 0 Å². The second-order valence-corrected chi connectivity index (χ2v) is 3.95. The summed E-state index contributed by atoms with van der Waals surface area (Å²) < 4.78 is 13.9. The Bertz CT molecular complexity index is 286. The van der Waals surface area contributed by atoms with Crippen LogP contribution in [-0.4, -0.2) is 12.8 Å². The fraction of sp³-hybridized carbons (Fsp3) is 0.400. The standard InChI is InChI=1S/C10H14FNS/c1-10(11,7-12)8-5-3-4-6-9(8)13-2/h3-6H,7,12H2,1-2H3. The van der Waals surface area contributed by atoms with Gasteiger partial charge in [-0.1, -0.05) is 18.2 Å². The van der Waals surface area contributed by atoms with Gasteiger partial charge in [-0.25, -0.2) is 4.39 Å². The Kier molecular flexibility index (Phi) is 3.33. The first-order valence-corrected chi connectivity index (χ1v) is 5.37. The highest BCUT2D eigenvalue weighted by molar-refractivity contribution is 7.98. The minimum atomic E-state index is -1.42. The Labute approximate surface area is 82.5 Å². The zero-order valence-corrected chi connectivity index (χ0v) is 8.70. The number of nitrogens with two attached hydrogens (primary N) is 1. The second-order valence-electron chi connectivity index (χ2n) is 3.10. The van der Waals surface area contributed by atoms with Crippen molar-refractivity contribution in [2.45, 2.75) is 17.5 Å². The third-order valence-electron chi connectivity index (χ3n) is 2.05. The van der Waals surface area contributed by atoms with Crippen molar-refractivity contribution in [3.8, 4) is 0 Å². The summed E-state index contributed by atoms with van der Waals surface area (Å²) in [5, 5.41) is 0. The van der Waals surface area contributed by atoms with Crippen LogP contribution in [0.25, 0.3) is 0 Å². The van der Waals surface area contributed by atoms with E-state index in [1.165, 1.54) is 6.92 Å². The molecule has 1 aromatic carbocycles. The predicted octanol–water partition coefficient (Wildman–Crippen LogP) is 2.55. The van der Waals surface area contributed by atoms with E-state index in [1.807, 2.05) is 24.5 Å². The van der Waals surface area contributed by atoms with E-state index >= 15 is 0 Å². The molecule has 13 heavy (non-hydrogen) atoms. The summed E-state index contributed by atoms with van der Waals surface area (Å²) in [5.74, 6) is 0. The molecule has 0 spiro atoms. The van der Waals surface area contributed by atoms with Crippen molar-refractivity contribution >= 4 is 11.8 Å². The quantitative estimate of drug-likeness (QED) is 0.757. The Morgan fingerprint density at radius 2 is 2.08 bits per heavy atom. The number of thioether (sulfide) groups is 1. The highest BCUT2D eigenvalue weighted by atomic mass is 32.2. The molecule has 1 nitrogen and oxygen atoms in total. The lowest BCUT2D eigenvalue weighted by Crippen LogP contribution is -2.27. The summed E-state index contributed by atoms with van der Waals surface area (Å²) in [7, 11) is 0. The lowest BCUT2D eigenvalue weighted by molar-refractivity contribution is 0.199. The van der Waals surface area contributed by atoms with Crippen LogP contribution in [0.15, 0.2) is 29.2 Å². The van der Waals surface area contributed by atoms with Gasteiger partial charge in [0.25, 0.3) is 0 Å². The molecule has 0 aromatic heterocycles. The fourth-order valence-corrected chi connectivity index (χ4v) is 1.90. The molecule has 0 aliphatic carbocycles. The first-order valence-electron chi connectivity index (χ1n) is 4.14. The van der Waals surface area contributed by atoms with E-state index in [9.17, 15) is 4.39 Å². The third kappa shape index (κ3) is 2.23. The van der Waals surface area contributed by atoms with E-state index in [0.717, 1.165) is 4.90 Å². The van der Waals surface area contributed by atoms with E-state index in [0.29, 0.717) is 5.56 Å². The van der Waals surface area contributed by atoms with Gasteiger partial charge in [-0.2, -0.15) is 0 Å². The maximum Gasteiger partial charge on any atom is 0.146 e. The summed E-state index contributed by atoms with van der Waals surface area (Å²) >= 11 is 1.54. The summed E-state index contributed by atoms with van der Waals surface area (Å²) in [4.78, 5) is 0.956. The van der Waals surface area contributed by atoms with E-state index in [1.54, 1.807) is 17.8 Å². The zero-order valence-electron chi connectivity index (χ0n) is 7.88. The number of hydrogen-bond donors (Lipinski definition) is 1.